The number of aryl methyl sites for hydroxylation is 1. The summed E-state index contributed by atoms with van der Waals surface area (Å²) < 4.78 is 8.38. The summed E-state index contributed by atoms with van der Waals surface area (Å²) in [6.45, 7) is 2.13. The van der Waals surface area contributed by atoms with Gasteiger partial charge in [0.1, 0.15) is 11.0 Å². The molecule has 1 heterocycles. The molecule has 2 aromatic rings. The van der Waals surface area contributed by atoms with Crippen LogP contribution >= 0.6 is 11.7 Å². The third kappa shape index (κ3) is 1.01. The molecule has 0 saturated heterocycles. The van der Waals surface area contributed by atoms with Crippen molar-refractivity contribution in [3.8, 4) is 0 Å². The number of hydrogen-bond acceptors (Lipinski definition) is 3. The van der Waals surface area contributed by atoms with Crippen molar-refractivity contribution in [2.45, 2.75) is 13.3 Å². The van der Waals surface area contributed by atoms with Crippen LogP contribution in [0.2, 0.25) is 0 Å². The zero-order valence-electron chi connectivity index (χ0n) is 6.24. The Labute approximate surface area is 69.2 Å². The highest BCUT2D eigenvalue weighted by molar-refractivity contribution is 7.00. The molecule has 0 spiro atoms. The molecule has 11 heavy (non-hydrogen) atoms. The second-order valence-corrected chi connectivity index (χ2v) is 2.93. The van der Waals surface area contributed by atoms with Gasteiger partial charge in [-0.3, -0.25) is 0 Å². The highest BCUT2D eigenvalue weighted by Gasteiger charge is 2.00. The molecule has 0 saturated carbocycles. The first-order chi connectivity index (χ1) is 5.42. The van der Waals surface area contributed by atoms with E-state index >= 15 is 0 Å². The maximum Gasteiger partial charge on any atom is 0.107 e. The van der Waals surface area contributed by atoms with E-state index in [9.17, 15) is 0 Å². The molecular weight excluding hydrogens is 156 g/mol. The van der Waals surface area contributed by atoms with Crippen molar-refractivity contribution in [1.29, 1.82) is 0 Å². The summed E-state index contributed by atoms with van der Waals surface area (Å²) in [6, 6.07) is 6.13. The van der Waals surface area contributed by atoms with Gasteiger partial charge in [0.2, 0.25) is 0 Å². The van der Waals surface area contributed by atoms with Crippen molar-refractivity contribution in [2.24, 2.45) is 0 Å². The highest BCUT2D eigenvalue weighted by atomic mass is 32.1. The van der Waals surface area contributed by atoms with Gasteiger partial charge < -0.3 is 0 Å². The summed E-state index contributed by atoms with van der Waals surface area (Å²) in [5, 5.41) is 0. The topological polar surface area (TPSA) is 25.8 Å². The lowest BCUT2D eigenvalue weighted by molar-refractivity contribution is 1.15. The largest absolute Gasteiger partial charge is 0.173 e. The van der Waals surface area contributed by atoms with Gasteiger partial charge in [-0.2, -0.15) is 8.75 Å². The van der Waals surface area contributed by atoms with Crippen molar-refractivity contribution in [2.75, 3.05) is 0 Å². The SMILES string of the molecule is CCc1cccc2nsnc12. The Kier molecular flexibility index (Phi) is 1.58. The fourth-order valence-electron chi connectivity index (χ4n) is 1.15. The van der Waals surface area contributed by atoms with Gasteiger partial charge in [-0.15, -0.1) is 0 Å². The summed E-state index contributed by atoms with van der Waals surface area (Å²) in [5.41, 5.74) is 3.38. The van der Waals surface area contributed by atoms with Crippen molar-refractivity contribution >= 4 is 22.8 Å². The van der Waals surface area contributed by atoms with Gasteiger partial charge in [0.25, 0.3) is 0 Å². The molecule has 0 aliphatic carbocycles. The zero-order chi connectivity index (χ0) is 7.68. The van der Waals surface area contributed by atoms with Gasteiger partial charge in [-0.25, -0.2) is 0 Å². The molecule has 0 bridgehead atoms. The minimum absolute atomic E-state index is 1.02. The van der Waals surface area contributed by atoms with E-state index in [-0.39, 0.29) is 0 Å². The lowest BCUT2D eigenvalue weighted by Gasteiger charge is -1.93. The van der Waals surface area contributed by atoms with E-state index < -0.39 is 0 Å². The van der Waals surface area contributed by atoms with Crippen molar-refractivity contribution in [3.05, 3.63) is 23.8 Å². The second-order valence-electron chi connectivity index (χ2n) is 2.40. The highest BCUT2D eigenvalue weighted by Crippen LogP contribution is 2.16. The van der Waals surface area contributed by atoms with E-state index in [1.807, 2.05) is 12.1 Å². The minimum Gasteiger partial charge on any atom is -0.173 e. The second kappa shape index (κ2) is 2.58. The van der Waals surface area contributed by atoms with Gasteiger partial charge in [0.05, 0.1) is 11.7 Å². The van der Waals surface area contributed by atoms with Gasteiger partial charge in [0, 0.05) is 0 Å². The van der Waals surface area contributed by atoms with Gasteiger partial charge in [-0.1, -0.05) is 19.1 Å². The summed E-state index contributed by atoms with van der Waals surface area (Å²) in [7, 11) is 0. The molecule has 1 aromatic carbocycles. The molecule has 2 nitrogen and oxygen atoms in total. The fraction of sp³-hybridized carbons (Fsp3) is 0.250. The van der Waals surface area contributed by atoms with Crippen LogP contribution in [0.4, 0.5) is 0 Å². The zero-order valence-corrected chi connectivity index (χ0v) is 7.06. The predicted molar refractivity (Wildman–Crippen MR) is 46.8 cm³/mol. The summed E-state index contributed by atoms with van der Waals surface area (Å²) in [4.78, 5) is 0. The molecule has 0 atom stereocenters. The van der Waals surface area contributed by atoms with Crippen LogP contribution in [0.15, 0.2) is 18.2 Å². The van der Waals surface area contributed by atoms with Crippen LogP contribution in [0.5, 0.6) is 0 Å². The van der Waals surface area contributed by atoms with Crippen LogP contribution in [-0.2, 0) is 6.42 Å². The third-order valence-electron chi connectivity index (χ3n) is 1.75. The predicted octanol–water partition coefficient (Wildman–Crippen LogP) is 2.25. The van der Waals surface area contributed by atoms with Crippen molar-refractivity contribution < 1.29 is 0 Å². The maximum atomic E-state index is 4.22. The number of hydrogen-bond donors (Lipinski definition) is 0. The Hall–Kier alpha value is -0.960. The van der Waals surface area contributed by atoms with E-state index in [1.165, 1.54) is 17.3 Å². The van der Waals surface area contributed by atoms with E-state index in [4.69, 9.17) is 0 Å². The Bertz CT molecular complexity index is 367. The van der Waals surface area contributed by atoms with E-state index in [0.717, 1.165) is 17.5 Å². The van der Waals surface area contributed by atoms with E-state index in [0.29, 0.717) is 0 Å². The molecule has 0 radical (unpaired) electrons. The molecule has 0 N–H and O–H groups in total. The summed E-state index contributed by atoms with van der Waals surface area (Å²) >= 11 is 1.28. The molecule has 0 amide bonds. The van der Waals surface area contributed by atoms with Crippen LogP contribution in [0.25, 0.3) is 11.0 Å². The Balaban J connectivity index is 2.79. The Morgan fingerprint density at radius 1 is 1.36 bits per heavy atom. The lowest BCUT2D eigenvalue weighted by atomic mass is 10.1. The van der Waals surface area contributed by atoms with Gasteiger partial charge >= 0.3 is 0 Å². The Morgan fingerprint density at radius 3 is 3.09 bits per heavy atom. The standard InChI is InChI=1S/C8H8N2S/c1-2-6-4-3-5-7-8(6)10-11-9-7/h3-5H,2H2,1H3. The summed E-state index contributed by atoms with van der Waals surface area (Å²) in [6.07, 6.45) is 1.03. The van der Waals surface area contributed by atoms with Crippen LogP contribution in [0.3, 0.4) is 0 Å². The molecule has 0 unspecified atom stereocenters. The third-order valence-corrected chi connectivity index (χ3v) is 2.29. The number of fused-ring (bicyclic) bond motifs is 1. The molecule has 0 aliphatic rings. The number of benzene rings is 1. The van der Waals surface area contributed by atoms with Gasteiger partial charge in [0.15, 0.2) is 0 Å². The van der Waals surface area contributed by atoms with E-state index in [2.05, 4.69) is 21.7 Å². The molecule has 1 aromatic heterocycles. The molecule has 2 rings (SSSR count). The molecular formula is C8H8N2S. The van der Waals surface area contributed by atoms with Crippen molar-refractivity contribution in [1.82, 2.24) is 8.75 Å². The van der Waals surface area contributed by atoms with Gasteiger partial charge in [-0.05, 0) is 18.1 Å². The molecule has 56 valence electrons. The van der Waals surface area contributed by atoms with E-state index in [1.54, 1.807) is 0 Å². The smallest absolute Gasteiger partial charge is 0.107 e. The molecule has 3 heteroatoms. The number of nitrogens with zero attached hydrogens (tertiary/aromatic N) is 2. The lowest BCUT2D eigenvalue weighted by Crippen LogP contribution is -1.80. The van der Waals surface area contributed by atoms with Crippen LogP contribution < -0.4 is 0 Å². The monoisotopic (exact) mass is 164 g/mol. The summed E-state index contributed by atoms with van der Waals surface area (Å²) in [5.74, 6) is 0. The fourth-order valence-corrected chi connectivity index (χ4v) is 1.72. The molecule has 0 fully saturated rings. The first-order valence-corrected chi connectivity index (χ1v) is 4.35. The first kappa shape index (κ1) is 6.73. The van der Waals surface area contributed by atoms with Crippen molar-refractivity contribution in [3.63, 3.8) is 0 Å². The van der Waals surface area contributed by atoms with Crippen LogP contribution in [-0.4, -0.2) is 8.75 Å². The quantitative estimate of drug-likeness (QED) is 0.646. The molecule has 0 aliphatic heterocycles. The first-order valence-electron chi connectivity index (χ1n) is 3.62. The maximum absolute atomic E-state index is 4.22. The average Bonchev–Trinajstić information content (AvgIpc) is 2.50. The normalized spacial score (nSPS) is 10.6. The number of rotatable bonds is 1. The van der Waals surface area contributed by atoms with Crippen LogP contribution in [0, 0.1) is 0 Å². The van der Waals surface area contributed by atoms with Crippen LogP contribution in [0.1, 0.15) is 12.5 Å². The minimum atomic E-state index is 1.02. The Morgan fingerprint density at radius 2 is 2.27 bits per heavy atom. The number of aromatic nitrogens is 2. The average molecular weight is 164 g/mol.